The lowest BCUT2D eigenvalue weighted by Gasteiger charge is -2.58. The monoisotopic (exact) mass is 426 g/mol. The number of fused-ring (bicyclic) bond motifs is 1. The number of aromatic nitrogens is 2. The van der Waals surface area contributed by atoms with Gasteiger partial charge in [-0.15, -0.1) is 0 Å². The van der Waals surface area contributed by atoms with E-state index in [1.165, 1.54) is 5.56 Å². The maximum atomic E-state index is 13.2. The van der Waals surface area contributed by atoms with Gasteiger partial charge < -0.3 is 15.3 Å². The van der Waals surface area contributed by atoms with Crippen LogP contribution in [-0.2, 0) is 13.5 Å². The van der Waals surface area contributed by atoms with Crippen LogP contribution in [0.4, 0.5) is 11.5 Å². The second-order valence-corrected chi connectivity index (χ2v) is 10.2. The van der Waals surface area contributed by atoms with E-state index < -0.39 is 5.60 Å². The molecule has 4 bridgehead atoms. The van der Waals surface area contributed by atoms with Crippen molar-refractivity contribution < 1.29 is 9.90 Å². The van der Waals surface area contributed by atoms with E-state index in [1.807, 2.05) is 19.2 Å². The van der Waals surface area contributed by atoms with Gasteiger partial charge in [0.25, 0.3) is 5.91 Å². The Balaban J connectivity index is 1.26. The zero-order valence-electron chi connectivity index (χ0n) is 17.1. The summed E-state index contributed by atoms with van der Waals surface area (Å²) in [4.78, 5) is 15.4. The predicted molar refractivity (Wildman–Crippen MR) is 115 cm³/mol. The first-order valence-corrected chi connectivity index (χ1v) is 11.4. The summed E-state index contributed by atoms with van der Waals surface area (Å²) in [6.45, 7) is 0.826. The SMILES string of the molecule is Cn1nc(C(=O)NC2C3CC4CC2CC(O)(C4)C3)c(Cl)c1N1CCc2ccccc21. The highest BCUT2D eigenvalue weighted by atomic mass is 35.5. The van der Waals surface area contributed by atoms with Crippen molar-refractivity contribution in [3.05, 3.63) is 40.5 Å². The van der Waals surface area contributed by atoms with Crippen molar-refractivity contribution in [1.29, 1.82) is 0 Å². The number of anilines is 2. The molecule has 1 aliphatic heterocycles. The Hall–Kier alpha value is -2.05. The van der Waals surface area contributed by atoms with Gasteiger partial charge in [0.15, 0.2) is 11.5 Å². The molecule has 6 nitrogen and oxygen atoms in total. The van der Waals surface area contributed by atoms with E-state index in [0.29, 0.717) is 28.5 Å². The Morgan fingerprint density at radius 1 is 1.23 bits per heavy atom. The number of rotatable bonds is 3. The van der Waals surface area contributed by atoms with Gasteiger partial charge in [0.2, 0.25) is 0 Å². The number of amides is 1. The number of nitrogens with zero attached hydrogens (tertiary/aromatic N) is 3. The smallest absolute Gasteiger partial charge is 0.273 e. The summed E-state index contributed by atoms with van der Waals surface area (Å²) in [5.74, 6) is 1.90. The summed E-state index contributed by atoms with van der Waals surface area (Å²) in [6, 6.07) is 8.41. The molecule has 1 aromatic carbocycles. The van der Waals surface area contributed by atoms with Crippen LogP contribution in [0, 0.1) is 17.8 Å². The van der Waals surface area contributed by atoms with Gasteiger partial charge >= 0.3 is 0 Å². The zero-order chi connectivity index (χ0) is 20.6. The number of para-hydroxylation sites is 1. The highest BCUT2D eigenvalue weighted by Crippen LogP contribution is 2.55. The summed E-state index contributed by atoms with van der Waals surface area (Å²) in [5.41, 5.74) is 2.21. The minimum absolute atomic E-state index is 0.114. The Bertz CT molecular complexity index is 1020. The van der Waals surface area contributed by atoms with E-state index in [1.54, 1.807) is 4.68 Å². The van der Waals surface area contributed by atoms with Gasteiger partial charge in [-0.05, 0) is 67.9 Å². The van der Waals surface area contributed by atoms with Crippen molar-refractivity contribution >= 4 is 29.0 Å². The Morgan fingerprint density at radius 2 is 1.97 bits per heavy atom. The summed E-state index contributed by atoms with van der Waals surface area (Å²) in [6.07, 6.45) is 5.71. The fourth-order valence-corrected chi connectivity index (χ4v) is 7.27. The molecular formula is C23H27ClN4O2. The Kier molecular flexibility index (Phi) is 4.03. The lowest BCUT2D eigenvalue weighted by molar-refractivity contribution is -0.136. The Morgan fingerprint density at radius 3 is 2.70 bits per heavy atom. The molecule has 2 atom stereocenters. The van der Waals surface area contributed by atoms with Crippen LogP contribution in [0.3, 0.4) is 0 Å². The van der Waals surface area contributed by atoms with E-state index in [9.17, 15) is 9.90 Å². The zero-order valence-corrected chi connectivity index (χ0v) is 17.9. The summed E-state index contributed by atoms with van der Waals surface area (Å²) in [5, 5.41) is 19.0. The average Bonchev–Trinajstić information content (AvgIpc) is 3.23. The van der Waals surface area contributed by atoms with Crippen LogP contribution < -0.4 is 10.2 Å². The van der Waals surface area contributed by atoms with Gasteiger partial charge in [-0.25, -0.2) is 0 Å². The molecule has 4 fully saturated rings. The molecule has 30 heavy (non-hydrogen) atoms. The molecule has 4 saturated carbocycles. The van der Waals surface area contributed by atoms with Crippen LogP contribution in [0.5, 0.6) is 0 Å². The van der Waals surface area contributed by atoms with Crippen molar-refractivity contribution in [2.24, 2.45) is 24.8 Å². The van der Waals surface area contributed by atoms with Crippen LogP contribution in [0.1, 0.15) is 48.2 Å². The lowest BCUT2D eigenvalue weighted by Crippen LogP contribution is -2.61. The lowest BCUT2D eigenvalue weighted by atomic mass is 9.52. The maximum absolute atomic E-state index is 13.2. The molecule has 0 spiro atoms. The topological polar surface area (TPSA) is 70.4 Å². The van der Waals surface area contributed by atoms with E-state index in [4.69, 9.17) is 11.6 Å². The van der Waals surface area contributed by atoms with Crippen LogP contribution in [0.2, 0.25) is 5.02 Å². The first-order valence-electron chi connectivity index (χ1n) is 11.0. The van der Waals surface area contributed by atoms with Crippen LogP contribution in [0.25, 0.3) is 0 Å². The second kappa shape index (κ2) is 6.47. The predicted octanol–water partition coefficient (Wildman–Crippen LogP) is 3.44. The Labute approximate surface area is 181 Å². The van der Waals surface area contributed by atoms with Gasteiger partial charge in [-0.3, -0.25) is 9.48 Å². The molecule has 5 aliphatic rings. The molecule has 0 radical (unpaired) electrons. The van der Waals surface area contributed by atoms with Crippen molar-refractivity contribution in [1.82, 2.24) is 15.1 Å². The van der Waals surface area contributed by atoms with Crippen molar-refractivity contribution in [2.45, 2.75) is 50.2 Å². The van der Waals surface area contributed by atoms with E-state index in [0.717, 1.165) is 56.6 Å². The molecule has 2 unspecified atom stereocenters. The average molecular weight is 427 g/mol. The van der Waals surface area contributed by atoms with E-state index in [2.05, 4.69) is 27.4 Å². The standard InChI is InChI=1S/C23H27ClN4O2/c1-27-22(28-7-6-14-4-2-3-5-17(14)28)18(24)20(26-27)21(29)25-19-15-8-13-9-16(19)12-23(30,10-13)11-15/h2-5,13,15-16,19,30H,6-12H2,1H3,(H,25,29). The minimum Gasteiger partial charge on any atom is -0.390 e. The molecule has 2 heterocycles. The summed E-state index contributed by atoms with van der Waals surface area (Å²) < 4.78 is 1.72. The number of benzene rings is 1. The third kappa shape index (κ3) is 2.73. The third-order valence-electron chi connectivity index (χ3n) is 7.86. The number of aliphatic hydroxyl groups is 1. The molecule has 2 N–H and O–H groups in total. The molecule has 1 amide bonds. The van der Waals surface area contributed by atoms with Gasteiger partial charge in [0.05, 0.1) is 5.60 Å². The number of hydrogen-bond acceptors (Lipinski definition) is 4. The molecule has 7 heteroatoms. The van der Waals surface area contributed by atoms with Crippen molar-refractivity contribution in [2.75, 3.05) is 11.4 Å². The maximum Gasteiger partial charge on any atom is 0.273 e. The summed E-state index contributed by atoms with van der Waals surface area (Å²) in [7, 11) is 1.84. The third-order valence-corrected chi connectivity index (χ3v) is 8.21. The van der Waals surface area contributed by atoms with Gasteiger partial charge in [-0.1, -0.05) is 29.8 Å². The fourth-order valence-electron chi connectivity index (χ4n) is 6.92. The van der Waals surface area contributed by atoms with Gasteiger partial charge in [0.1, 0.15) is 5.02 Å². The molecule has 158 valence electrons. The van der Waals surface area contributed by atoms with Crippen molar-refractivity contribution in [3.63, 3.8) is 0 Å². The minimum atomic E-state index is -0.503. The normalized spacial score (nSPS) is 33.8. The second-order valence-electron chi connectivity index (χ2n) is 9.83. The van der Waals surface area contributed by atoms with Crippen molar-refractivity contribution in [3.8, 4) is 0 Å². The highest BCUT2D eigenvalue weighted by Gasteiger charge is 2.55. The first kappa shape index (κ1) is 18.7. The van der Waals surface area contributed by atoms with Gasteiger partial charge in [-0.2, -0.15) is 5.10 Å². The largest absolute Gasteiger partial charge is 0.390 e. The molecule has 0 saturated heterocycles. The fraction of sp³-hybridized carbons (Fsp3) is 0.565. The number of carbonyl (C=O) groups is 1. The van der Waals surface area contributed by atoms with E-state index >= 15 is 0 Å². The number of nitrogens with one attached hydrogen (secondary N) is 1. The number of hydrogen-bond donors (Lipinski definition) is 2. The summed E-state index contributed by atoms with van der Waals surface area (Å²) >= 11 is 6.74. The number of halogens is 1. The van der Waals surface area contributed by atoms with Gasteiger partial charge in [0, 0.05) is 25.3 Å². The molecule has 7 rings (SSSR count). The highest BCUT2D eigenvalue weighted by molar-refractivity contribution is 6.36. The number of aryl methyl sites for hydroxylation is 1. The van der Waals surface area contributed by atoms with Crippen LogP contribution in [0.15, 0.2) is 24.3 Å². The van der Waals surface area contributed by atoms with Crippen LogP contribution in [-0.4, -0.2) is 39.0 Å². The molecule has 4 aliphatic carbocycles. The molecule has 2 aromatic rings. The van der Waals surface area contributed by atoms with Crippen LogP contribution >= 0.6 is 11.6 Å². The number of carbonyl (C=O) groups excluding carboxylic acids is 1. The van der Waals surface area contributed by atoms with E-state index in [-0.39, 0.29) is 11.9 Å². The first-order chi connectivity index (χ1) is 14.4. The molecular weight excluding hydrogens is 400 g/mol. The quantitative estimate of drug-likeness (QED) is 0.788. The molecule has 1 aromatic heterocycles.